The average molecular weight is 481 g/mol. The molecule has 2 aromatic carbocycles. The zero-order valence-electron chi connectivity index (χ0n) is 17.7. The van der Waals surface area contributed by atoms with Gasteiger partial charge in [-0.05, 0) is 25.3 Å². The van der Waals surface area contributed by atoms with Crippen LogP contribution in [0.25, 0.3) is 10.2 Å². The topological polar surface area (TPSA) is 87.0 Å². The first kappa shape index (κ1) is 23.4. The number of thiazole rings is 1. The van der Waals surface area contributed by atoms with E-state index in [4.69, 9.17) is 9.47 Å². The van der Waals surface area contributed by atoms with E-state index in [0.717, 1.165) is 21.5 Å². The predicted octanol–water partition coefficient (Wildman–Crippen LogP) is 3.29. The summed E-state index contributed by atoms with van der Waals surface area (Å²) in [6, 6.07) is 10.1. The first-order valence-electron chi connectivity index (χ1n) is 9.40. The number of rotatable bonds is 8. The Labute approximate surface area is 189 Å². The van der Waals surface area contributed by atoms with E-state index in [-0.39, 0.29) is 4.90 Å². The van der Waals surface area contributed by atoms with Crippen molar-refractivity contribution in [3.8, 4) is 11.5 Å². The lowest BCUT2D eigenvalue weighted by atomic mass is 10.2. The van der Waals surface area contributed by atoms with E-state index >= 15 is 0 Å². The van der Waals surface area contributed by atoms with Gasteiger partial charge in [0.15, 0.2) is 26.1 Å². The number of benzene rings is 2. The van der Waals surface area contributed by atoms with Crippen LogP contribution in [0.1, 0.15) is 5.56 Å². The maximum Gasteiger partial charge on any atom is 0.263 e. The second-order valence-electron chi connectivity index (χ2n) is 6.78. The number of carbonyl (C=O) groups excluding carboxylic acids is 1. The van der Waals surface area contributed by atoms with Crippen molar-refractivity contribution in [1.82, 2.24) is 4.57 Å². The summed E-state index contributed by atoms with van der Waals surface area (Å²) in [5, 5.41) is 0. The van der Waals surface area contributed by atoms with E-state index < -0.39 is 21.5 Å². The third-order valence-electron chi connectivity index (χ3n) is 4.62. The number of carbonyl (C=O) groups is 1. The molecule has 166 valence electrons. The molecule has 0 saturated carbocycles. The molecule has 0 unspecified atom stereocenters. The van der Waals surface area contributed by atoms with Crippen molar-refractivity contribution in [2.45, 2.75) is 18.4 Å². The number of sulfone groups is 1. The molecule has 10 heteroatoms. The van der Waals surface area contributed by atoms with Gasteiger partial charge in [0.1, 0.15) is 5.75 Å². The highest BCUT2D eigenvalue weighted by atomic mass is 32.2. The monoisotopic (exact) mass is 480 g/mol. The van der Waals surface area contributed by atoms with Gasteiger partial charge in [0.25, 0.3) is 5.91 Å². The Morgan fingerprint density at radius 3 is 2.39 bits per heavy atom. The molecule has 0 bridgehead atoms. The molecule has 0 N–H and O–H groups in total. The molecule has 7 nitrogen and oxygen atoms in total. The number of amides is 1. The van der Waals surface area contributed by atoms with Crippen LogP contribution in [0.5, 0.6) is 11.5 Å². The van der Waals surface area contributed by atoms with Gasteiger partial charge >= 0.3 is 0 Å². The Bertz CT molecular complexity index is 1260. The molecule has 0 radical (unpaired) electrons. The van der Waals surface area contributed by atoms with Crippen LogP contribution in [0.2, 0.25) is 0 Å². The van der Waals surface area contributed by atoms with Crippen molar-refractivity contribution in [1.29, 1.82) is 0 Å². The molecule has 0 fully saturated rings. The smallest absolute Gasteiger partial charge is 0.263 e. The molecule has 3 rings (SSSR count). The van der Waals surface area contributed by atoms with Gasteiger partial charge in [-0.25, -0.2) is 8.42 Å². The standard InChI is InChI=1S/C21H24N2O5S3/c1-14-5-7-15(8-6-14)31(25,26)13-20(24)22-21-23(9-10-29-4)16-11-17(27-2)18(28-3)12-19(16)30-21/h5-8,11-12H,9-10,13H2,1-4H3. The van der Waals surface area contributed by atoms with Crippen molar-refractivity contribution in [2.75, 3.05) is 32.0 Å². The molecule has 0 aliphatic carbocycles. The van der Waals surface area contributed by atoms with Crippen LogP contribution in [0.4, 0.5) is 0 Å². The second kappa shape index (κ2) is 9.88. The summed E-state index contributed by atoms with van der Waals surface area (Å²) in [6.07, 6.45) is 1.99. The first-order chi connectivity index (χ1) is 14.8. The van der Waals surface area contributed by atoms with Crippen LogP contribution in [0, 0.1) is 6.92 Å². The van der Waals surface area contributed by atoms with E-state index in [9.17, 15) is 13.2 Å². The zero-order chi connectivity index (χ0) is 22.6. The summed E-state index contributed by atoms with van der Waals surface area (Å²) in [5.74, 6) is 0.575. The fourth-order valence-electron chi connectivity index (χ4n) is 3.01. The molecule has 0 spiro atoms. The number of methoxy groups -OCH3 is 2. The Kier molecular flexibility index (Phi) is 7.45. The molecule has 0 aliphatic rings. The quantitative estimate of drug-likeness (QED) is 0.492. The van der Waals surface area contributed by atoms with Crippen LogP contribution >= 0.6 is 23.1 Å². The van der Waals surface area contributed by atoms with Crippen molar-refractivity contribution >= 4 is 49.1 Å². The van der Waals surface area contributed by atoms with Gasteiger partial charge in [-0.15, -0.1) is 0 Å². The number of fused-ring (bicyclic) bond motifs is 1. The van der Waals surface area contributed by atoms with Crippen molar-refractivity contribution in [2.24, 2.45) is 4.99 Å². The SMILES string of the molecule is COc1cc2sc(=NC(=O)CS(=O)(=O)c3ccc(C)cc3)n(CCSC)c2cc1OC. The largest absolute Gasteiger partial charge is 0.493 e. The molecule has 1 heterocycles. The Balaban J connectivity index is 2.03. The molecular weight excluding hydrogens is 456 g/mol. The number of hydrogen-bond acceptors (Lipinski definition) is 7. The number of nitrogens with zero attached hydrogens (tertiary/aromatic N) is 2. The summed E-state index contributed by atoms with van der Waals surface area (Å²) < 4.78 is 38.8. The van der Waals surface area contributed by atoms with Crippen LogP contribution in [0.15, 0.2) is 46.3 Å². The maximum atomic E-state index is 12.6. The number of ether oxygens (including phenoxy) is 2. The number of aromatic nitrogens is 1. The predicted molar refractivity (Wildman–Crippen MR) is 125 cm³/mol. The molecular formula is C21H24N2O5S3. The second-order valence-corrected chi connectivity index (χ2v) is 10.8. The number of thioether (sulfide) groups is 1. The first-order valence-corrected chi connectivity index (χ1v) is 13.3. The molecule has 3 aromatic rings. The van der Waals surface area contributed by atoms with E-state index in [1.165, 1.54) is 23.5 Å². The Morgan fingerprint density at radius 2 is 1.77 bits per heavy atom. The fraction of sp³-hybridized carbons (Fsp3) is 0.333. The van der Waals surface area contributed by atoms with Crippen LogP contribution in [-0.2, 0) is 21.2 Å². The van der Waals surface area contributed by atoms with Gasteiger partial charge < -0.3 is 14.0 Å². The summed E-state index contributed by atoms with van der Waals surface area (Å²) in [5.41, 5.74) is 1.80. The van der Waals surface area contributed by atoms with Gasteiger partial charge in [0.2, 0.25) is 0 Å². The fourth-order valence-corrected chi connectivity index (χ4v) is 5.57. The summed E-state index contributed by atoms with van der Waals surface area (Å²) in [4.78, 5) is 17.3. The van der Waals surface area contributed by atoms with Crippen LogP contribution < -0.4 is 14.3 Å². The summed E-state index contributed by atoms with van der Waals surface area (Å²) in [7, 11) is -0.648. The molecule has 31 heavy (non-hydrogen) atoms. The minimum atomic E-state index is -3.77. The van der Waals surface area contributed by atoms with Gasteiger partial charge in [-0.1, -0.05) is 29.0 Å². The van der Waals surface area contributed by atoms with E-state index in [0.29, 0.717) is 22.8 Å². The van der Waals surface area contributed by atoms with Gasteiger partial charge in [-0.2, -0.15) is 16.8 Å². The average Bonchev–Trinajstić information content (AvgIpc) is 3.06. The molecule has 1 aromatic heterocycles. The molecule has 0 saturated heterocycles. The van der Waals surface area contributed by atoms with E-state index in [1.807, 2.05) is 29.9 Å². The van der Waals surface area contributed by atoms with E-state index in [2.05, 4.69) is 4.99 Å². The lowest BCUT2D eigenvalue weighted by Crippen LogP contribution is -2.21. The van der Waals surface area contributed by atoms with Crippen molar-refractivity contribution < 1.29 is 22.7 Å². The van der Waals surface area contributed by atoms with Gasteiger partial charge in [0.05, 0.1) is 29.3 Å². The van der Waals surface area contributed by atoms with Crippen molar-refractivity contribution in [3.05, 3.63) is 46.8 Å². The highest BCUT2D eigenvalue weighted by Gasteiger charge is 2.20. The lowest BCUT2D eigenvalue weighted by Gasteiger charge is -2.09. The Morgan fingerprint density at radius 1 is 1.13 bits per heavy atom. The Hall–Kier alpha value is -2.30. The van der Waals surface area contributed by atoms with Crippen LogP contribution in [-0.4, -0.2) is 50.9 Å². The highest BCUT2D eigenvalue weighted by Crippen LogP contribution is 2.33. The molecule has 1 amide bonds. The minimum absolute atomic E-state index is 0.114. The highest BCUT2D eigenvalue weighted by molar-refractivity contribution is 7.98. The summed E-state index contributed by atoms with van der Waals surface area (Å²) >= 11 is 2.98. The lowest BCUT2D eigenvalue weighted by molar-refractivity contribution is -0.115. The van der Waals surface area contributed by atoms with Crippen molar-refractivity contribution in [3.63, 3.8) is 0 Å². The van der Waals surface area contributed by atoms with Crippen LogP contribution in [0.3, 0.4) is 0 Å². The third-order valence-corrected chi connectivity index (χ3v) is 7.87. The minimum Gasteiger partial charge on any atom is -0.493 e. The summed E-state index contributed by atoms with van der Waals surface area (Å²) in [6.45, 7) is 2.49. The van der Waals surface area contributed by atoms with Gasteiger partial charge in [-0.3, -0.25) is 4.79 Å². The molecule has 0 aliphatic heterocycles. The number of aryl methyl sites for hydroxylation is 2. The van der Waals surface area contributed by atoms with Gasteiger partial charge in [0, 0.05) is 24.4 Å². The maximum absolute atomic E-state index is 12.6. The number of hydrogen-bond donors (Lipinski definition) is 0. The molecule has 0 atom stereocenters. The normalized spacial score (nSPS) is 12.3. The zero-order valence-corrected chi connectivity index (χ0v) is 20.2. The van der Waals surface area contributed by atoms with E-state index in [1.54, 1.807) is 38.1 Å². The third kappa shape index (κ3) is 5.31.